The highest BCUT2D eigenvalue weighted by Gasteiger charge is 2.14. The molecule has 0 aliphatic heterocycles. The van der Waals surface area contributed by atoms with Crippen LogP contribution in [0, 0.1) is 10.1 Å². The minimum atomic E-state index is -0.526. The number of halogens is 1. The van der Waals surface area contributed by atoms with Crippen molar-refractivity contribution < 1.29 is 18.9 Å². The first-order valence-electron chi connectivity index (χ1n) is 6.83. The van der Waals surface area contributed by atoms with E-state index in [0.717, 1.165) is 0 Å². The van der Waals surface area contributed by atoms with Gasteiger partial charge >= 0.3 is 0 Å². The van der Waals surface area contributed by atoms with Crippen molar-refractivity contribution >= 4 is 23.6 Å². The summed E-state index contributed by atoms with van der Waals surface area (Å²) in [6.07, 6.45) is 0.561. The Kier molecular flexibility index (Phi) is 4.31. The topological polar surface area (TPSA) is 82.6 Å². The summed E-state index contributed by atoms with van der Waals surface area (Å²) >= 11 is 5.82. The van der Waals surface area contributed by atoms with Crippen molar-refractivity contribution in [2.45, 2.75) is 0 Å². The van der Waals surface area contributed by atoms with E-state index < -0.39 is 4.92 Å². The Hall–Kier alpha value is -3.12. The van der Waals surface area contributed by atoms with Crippen molar-refractivity contribution in [3.05, 3.63) is 75.5 Å². The fraction of sp³-hybridized carbons (Fsp3) is 0. The maximum absolute atomic E-state index is 11.1. The van der Waals surface area contributed by atoms with E-state index in [9.17, 15) is 14.9 Å². The maximum atomic E-state index is 11.1. The van der Waals surface area contributed by atoms with Crippen LogP contribution in [0.5, 0.6) is 11.5 Å². The standard InChI is InChI=1S/C17H10ClNO5/c18-12-1-3-14(4-2-12)23-16-8-11(7-13(9-16)19(21)22)17-6-5-15(10-20)24-17/h1-10H. The second-order valence-electron chi connectivity index (χ2n) is 4.85. The molecule has 2 aromatic carbocycles. The zero-order valence-electron chi connectivity index (χ0n) is 12.1. The molecule has 0 aliphatic rings. The Morgan fingerprint density at radius 1 is 1.04 bits per heavy atom. The third-order valence-corrected chi connectivity index (χ3v) is 3.43. The molecule has 1 heterocycles. The molecule has 3 rings (SSSR count). The number of non-ortho nitro benzene ring substituents is 1. The minimum absolute atomic E-state index is 0.136. The Balaban J connectivity index is 2.00. The van der Waals surface area contributed by atoms with E-state index >= 15 is 0 Å². The third-order valence-electron chi connectivity index (χ3n) is 3.18. The van der Waals surface area contributed by atoms with Crippen LogP contribution in [0.15, 0.2) is 59.0 Å². The van der Waals surface area contributed by atoms with Gasteiger partial charge in [0.15, 0.2) is 12.0 Å². The van der Waals surface area contributed by atoms with E-state index in [-0.39, 0.29) is 17.2 Å². The molecule has 120 valence electrons. The average Bonchev–Trinajstić information content (AvgIpc) is 3.06. The molecule has 0 N–H and O–H groups in total. The summed E-state index contributed by atoms with van der Waals surface area (Å²) in [5, 5.41) is 11.7. The van der Waals surface area contributed by atoms with Gasteiger partial charge in [0.05, 0.1) is 11.0 Å². The number of benzene rings is 2. The molecular weight excluding hydrogens is 334 g/mol. The van der Waals surface area contributed by atoms with E-state index in [1.807, 2.05) is 0 Å². The monoisotopic (exact) mass is 343 g/mol. The van der Waals surface area contributed by atoms with E-state index in [1.165, 1.54) is 18.2 Å². The van der Waals surface area contributed by atoms with Gasteiger partial charge in [0.25, 0.3) is 5.69 Å². The van der Waals surface area contributed by atoms with Crippen LogP contribution in [0.3, 0.4) is 0 Å². The molecule has 0 saturated carbocycles. The zero-order chi connectivity index (χ0) is 17.1. The fourth-order valence-electron chi connectivity index (χ4n) is 2.10. The summed E-state index contributed by atoms with van der Waals surface area (Å²) in [5.41, 5.74) is 0.279. The van der Waals surface area contributed by atoms with Gasteiger partial charge in [-0.05, 0) is 42.5 Å². The summed E-state index contributed by atoms with van der Waals surface area (Å²) in [5.74, 6) is 1.22. The van der Waals surface area contributed by atoms with Crippen LogP contribution >= 0.6 is 11.6 Å². The average molecular weight is 344 g/mol. The number of ether oxygens (including phenoxy) is 1. The lowest BCUT2D eigenvalue weighted by Gasteiger charge is -2.07. The zero-order valence-corrected chi connectivity index (χ0v) is 12.9. The molecule has 0 unspecified atom stereocenters. The van der Waals surface area contributed by atoms with Crippen LogP contribution in [-0.4, -0.2) is 11.2 Å². The van der Waals surface area contributed by atoms with Crippen molar-refractivity contribution in [2.75, 3.05) is 0 Å². The van der Waals surface area contributed by atoms with Gasteiger partial charge in [0, 0.05) is 16.7 Å². The van der Waals surface area contributed by atoms with E-state index in [0.29, 0.717) is 28.4 Å². The van der Waals surface area contributed by atoms with Gasteiger partial charge < -0.3 is 9.15 Å². The van der Waals surface area contributed by atoms with Gasteiger partial charge in [-0.2, -0.15) is 0 Å². The van der Waals surface area contributed by atoms with Crippen molar-refractivity contribution in [1.82, 2.24) is 0 Å². The van der Waals surface area contributed by atoms with Crippen molar-refractivity contribution in [3.8, 4) is 22.8 Å². The molecule has 0 bridgehead atoms. The summed E-state index contributed by atoms with van der Waals surface area (Å²) in [6.45, 7) is 0. The maximum Gasteiger partial charge on any atom is 0.273 e. The second-order valence-corrected chi connectivity index (χ2v) is 5.28. The molecule has 0 aliphatic carbocycles. The Labute approximate surface area is 141 Å². The van der Waals surface area contributed by atoms with E-state index in [1.54, 1.807) is 36.4 Å². The molecule has 0 radical (unpaired) electrons. The predicted octanol–water partition coefficient (Wildman–Crippen LogP) is 5.11. The molecule has 1 aromatic heterocycles. The molecule has 0 amide bonds. The van der Waals surface area contributed by atoms with Crippen LogP contribution in [0.25, 0.3) is 11.3 Å². The first-order chi connectivity index (χ1) is 11.5. The fourth-order valence-corrected chi connectivity index (χ4v) is 2.23. The van der Waals surface area contributed by atoms with E-state index in [2.05, 4.69) is 0 Å². The first kappa shape index (κ1) is 15.8. The third kappa shape index (κ3) is 3.44. The lowest BCUT2D eigenvalue weighted by molar-refractivity contribution is -0.384. The summed E-state index contributed by atoms with van der Waals surface area (Å²) < 4.78 is 11.0. The highest BCUT2D eigenvalue weighted by Crippen LogP contribution is 2.33. The highest BCUT2D eigenvalue weighted by molar-refractivity contribution is 6.30. The van der Waals surface area contributed by atoms with Gasteiger partial charge in [0.1, 0.15) is 17.3 Å². The molecule has 0 saturated heterocycles. The van der Waals surface area contributed by atoms with E-state index in [4.69, 9.17) is 20.8 Å². The van der Waals surface area contributed by atoms with Crippen LogP contribution in [0.2, 0.25) is 5.02 Å². The number of carbonyl (C=O) groups is 1. The molecular formula is C17H10ClNO5. The molecule has 6 nitrogen and oxygen atoms in total. The molecule has 0 fully saturated rings. The van der Waals surface area contributed by atoms with Crippen LogP contribution in [0.4, 0.5) is 5.69 Å². The van der Waals surface area contributed by atoms with Crippen LogP contribution in [-0.2, 0) is 0 Å². The SMILES string of the molecule is O=Cc1ccc(-c2cc(Oc3ccc(Cl)cc3)cc([N+](=O)[O-])c2)o1. The number of aldehydes is 1. The van der Waals surface area contributed by atoms with Gasteiger partial charge in [-0.3, -0.25) is 14.9 Å². The van der Waals surface area contributed by atoms with Crippen molar-refractivity contribution in [1.29, 1.82) is 0 Å². The summed E-state index contributed by atoms with van der Waals surface area (Å²) in [6, 6.07) is 13.9. The number of rotatable bonds is 5. The number of nitro benzene ring substituents is 1. The van der Waals surface area contributed by atoms with Crippen molar-refractivity contribution in [3.63, 3.8) is 0 Å². The molecule has 3 aromatic rings. The molecule has 0 atom stereocenters. The molecule has 7 heteroatoms. The largest absolute Gasteiger partial charge is 0.457 e. The number of hydrogen-bond acceptors (Lipinski definition) is 5. The second kappa shape index (κ2) is 6.55. The lowest BCUT2D eigenvalue weighted by atomic mass is 10.1. The molecule has 24 heavy (non-hydrogen) atoms. The number of nitro groups is 1. The highest BCUT2D eigenvalue weighted by atomic mass is 35.5. The lowest BCUT2D eigenvalue weighted by Crippen LogP contribution is -1.91. The first-order valence-corrected chi connectivity index (χ1v) is 7.21. The van der Waals surface area contributed by atoms with Gasteiger partial charge in [0.2, 0.25) is 0 Å². The molecule has 0 spiro atoms. The van der Waals surface area contributed by atoms with Gasteiger partial charge in [-0.25, -0.2) is 0 Å². The summed E-state index contributed by atoms with van der Waals surface area (Å²) in [7, 11) is 0. The predicted molar refractivity (Wildman–Crippen MR) is 87.7 cm³/mol. The number of carbonyl (C=O) groups excluding carboxylic acids is 1. The Morgan fingerprint density at radius 3 is 2.42 bits per heavy atom. The van der Waals surface area contributed by atoms with Crippen LogP contribution in [0.1, 0.15) is 10.6 Å². The number of hydrogen-bond donors (Lipinski definition) is 0. The minimum Gasteiger partial charge on any atom is -0.457 e. The summed E-state index contributed by atoms with van der Waals surface area (Å²) in [4.78, 5) is 21.3. The van der Waals surface area contributed by atoms with Gasteiger partial charge in [-0.1, -0.05) is 11.6 Å². The smallest absolute Gasteiger partial charge is 0.273 e. The Morgan fingerprint density at radius 2 is 1.79 bits per heavy atom. The Bertz CT molecular complexity index is 902. The van der Waals surface area contributed by atoms with Crippen LogP contribution < -0.4 is 4.74 Å². The van der Waals surface area contributed by atoms with Crippen molar-refractivity contribution in [2.24, 2.45) is 0 Å². The van der Waals surface area contributed by atoms with Gasteiger partial charge in [-0.15, -0.1) is 0 Å². The quantitative estimate of drug-likeness (QED) is 0.365. The number of furan rings is 1. The normalized spacial score (nSPS) is 10.4. The number of nitrogens with zero attached hydrogens (tertiary/aromatic N) is 1.